The normalized spacial score (nSPS) is 28.7. The van der Waals surface area contributed by atoms with E-state index in [1.807, 2.05) is 18.5 Å². The van der Waals surface area contributed by atoms with E-state index in [0.29, 0.717) is 5.92 Å². The molecule has 0 unspecified atom stereocenters. The smallest absolute Gasteiger partial charge is 0.227 e. The molecule has 28 heavy (non-hydrogen) atoms. The number of piperidine rings is 3. The molecule has 0 amide bonds. The van der Waals surface area contributed by atoms with Gasteiger partial charge in [-0.3, -0.25) is 9.88 Å². The number of benzene rings is 1. The van der Waals surface area contributed by atoms with Crippen LogP contribution in [0, 0.1) is 5.92 Å². The quantitative estimate of drug-likeness (QED) is 0.680. The molecule has 2 aromatic heterocycles. The molecule has 1 spiro atoms. The van der Waals surface area contributed by atoms with Crippen molar-refractivity contribution in [3.63, 3.8) is 0 Å². The molecular formula is C22H22N4OS. The molecule has 4 aliphatic rings. The third kappa shape index (κ3) is 2.48. The summed E-state index contributed by atoms with van der Waals surface area (Å²) < 4.78 is 1.29. The van der Waals surface area contributed by atoms with E-state index >= 15 is 0 Å². The van der Waals surface area contributed by atoms with Gasteiger partial charge in [0.25, 0.3) is 0 Å². The number of hydrogen-bond acceptors (Lipinski definition) is 6. The maximum atomic E-state index is 6.32. The molecule has 5 nitrogen and oxygen atoms in total. The Morgan fingerprint density at radius 1 is 1.14 bits per heavy atom. The zero-order chi connectivity index (χ0) is 18.6. The van der Waals surface area contributed by atoms with Gasteiger partial charge in [0.2, 0.25) is 5.72 Å². The largest absolute Gasteiger partial charge is 0.363 e. The fourth-order valence-corrected chi connectivity index (χ4v) is 6.01. The van der Waals surface area contributed by atoms with E-state index in [9.17, 15) is 0 Å². The van der Waals surface area contributed by atoms with Crippen LogP contribution in [0.15, 0.2) is 60.0 Å². The lowest BCUT2D eigenvalue weighted by Gasteiger charge is -2.53. The van der Waals surface area contributed by atoms with Crippen LogP contribution in [-0.4, -0.2) is 46.0 Å². The average molecular weight is 391 g/mol. The highest BCUT2D eigenvalue weighted by Gasteiger charge is 2.57. The molecule has 2 bridgehead atoms. The maximum absolute atomic E-state index is 6.32. The van der Waals surface area contributed by atoms with E-state index in [-0.39, 0.29) is 5.72 Å². The first-order chi connectivity index (χ1) is 13.8. The molecule has 6 heteroatoms. The molecule has 3 saturated heterocycles. The minimum atomic E-state index is -0.349. The van der Waals surface area contributed by atoms with Crippen LogP contribution in [0.2, 0.25) is 0 Å². The lowest BCUT2D eigenvalue weighted by atomic mass is 9.79. The molecule has 1 atom stereocenters. The summed E-state index contributed by atoms with van der Waals surface area (Å²) in [6.45, 7) is 4.05. The summed E-state index contributed by atoms with van der Waals surface area (Å²) in [7, 11) is 0. The van der Waals surface area contributed by atoms with Crippen LogP contribution in [0.5, 0.6) is 0 Å². The fraction of sp³-hybridized carbons (Fsp3) is 0.364. The number of pyridine rings is 1. The molecular weight excluding hydrogens is 368 g/mol. The predicted octanol–water partition coefficient (Wildman–Crippen LogP) is 3.91. The number of oxime groups is 1. The summed E-state index contributed by atoms with van der Waals surface area (Å²) in [4.78, 5) is 16.8. The molecule has 3 aromatic rings. The first kappa shape index (κ1) is 16.5. The Balaban J connectivity index is 1.43. The second-order valence-corrected chi connectivity index (χ2v) is 9.08. The third-order valence-electron chi connectivity index (χ3n) is 6.39. The van der Waals surface area contributed by atoms with E-state index in [1.165, 1.54) is 46.5 Å². The third-order valence-corrected chi connectivity index (χ3v) is 7.50. The first-order valence-electron chi connectivity index (χ1n) is 9.96. The van der Waals surface area contributed by atoms with Crippen molar-refractivity contribution in [3.8, 4) is 0 Å². The molecule has 4 aliphatic heterocycles. The minimum absolute atomic E-state index is 0.349. The van der Waals surface area contributed by atoms with Gasteiger partial charge in [-0.15, -0.1) is 11.3 Å². The minimum Gasteiger partial charge on any atom is -0.363 e. The Labute approximate surface area is 168 Å². The summed E-state index contributed by atoms with van der Waals surface area (Å²) in [6.07, 6.45) is 6.14. The van der Waals surface area contributed by atoms with Gasteiger partial charge in [-0.05, 0) is 55.1 Å². The zero-order valence-electron chi connectivity index (χ0n) is 15.6. The van der Waals surface area contributed by atoms with Crippen LogP contribution in [-0.2, 0) is 11.4 Å². The van der Waals surface area contributed by atoms with Crippen molar-refractivity contribution in [1.82, 2.24) is 14.8 Å². The standard InChI is InChI=1S/C22H22N4OS/c1-2-6-19-17(5-1)12-20(28-19)21-24-27-22(15-25-10-7-18(22)8-11-25)26(21)14-16-4-3-9-23-13-16/h1-6,9,12-13,18H,7-8,10-11,14-15H2/t22-/m1/s1. The van der Waals surface area contributed by atoms with Crippen molar-refractivity contribution in [3.05, 3.63) is 65.3 Å². The molecule has 6 heterocycles. The topological polar surface area (TPSA) is 41.0 Å². The van der Waals surface area contributed by atoms with Crippen molar-refractivity contribution < 1.29 is 4.84 Å². The molecule has 0 saturated carbocycles. The molecule has 0 aliphatic carbocycles. The van der Waals surface area contributed by atoms with E-state index in [2.05, 4.69) is 56.3 Å². The van der Waals surface area contributed by atoms with E-state index in [4.69, 9.17) is 4.84 Å². The molecule has 0 N–H and O–H groups in total. The van der Waals surface area contributed by atoms with Gasteiger partial charge < -0.3 is 9.74 Å². The van der Waals surface area contributed by atoms with E-state index in [0.717, 1.165) is 18.9 Å². The van der Waals surface area contributed by atoms with Gasteiger partial charge in [0.1, 0.15) is 0 Å². The van der Waals surface area contributed by atoms with Crippen LogP contribution in [0.3, 0.4) is 0 Å². The van der Waals surface area contributed by atoms with Crippen LogP contribution in [0.1, 0.15) is 23.3 Å². The number of aromatic nitrogens is 1. The van der Waals surface area contributed by atoms with Crippen LogP contribution in [0.25, 0.3) is 10.1 Å². The second-order valence-electron chi connectivity index (χ2n) is 8.00. The van der Waals surface area contributed by atoms with Crippen molar-refractivity contribution in [2.45, 2.75) is 25.1 Å². The van der Waals surface area contributed by atoms with Crippen molar-refractivity contribution in [2.75, 3.05) is 19.6 Å². The maximum Gasteiger partial charge on any atom is 0.227 e. The molecule has 3 fully saturated rings. The second kappa shape index (κ2) is 6.29. The van der Waals surface area contributed by atoms with E-state index < -0.39 is 0 Å². The number of thiophene rings is 1. The van der Waals surface area contributed by atoms with Gasteiger partial charge in [-0.1, -0.05) is 29.4 Å². The van der Waals surface area contributed by atoms with Gasteiger partial charge in [-0.25, -0.2) is 0 Å². The summed E-state index contributed by atoms with van der Waals surface area (Å²) in [5.74, 6) is 1.49. The SMILES string of the molecule is c1cncc(CN2C(c3cc4ccccc4s3)=NO[C@@]23CN2CCC3CC2)c1. The Morgan fingerprint density at radius 2 is 2.04 bits per heavy atom. The van der Waals surface area contributed by atoms with Crippen LogP contribution < -0.4 is 0 Å². The first-order valence-corrected chi connectivity index (χ1v) is 10.8. The highest BCUT2D eigenvalue weighted by atomic mass is 32.1. The number of nitrogens with zero attached hydrogens (tertiary/aromatic N) is 4. The highest BCUT2D eigenvalue weighted by molar-refractivity contribution is 7.20. The fourth-order valence-electron chi connectivity index (χ4n) is 4.95. The number of hydrogen-bond donors (Lipinski definition) is 0. The molecule has 0 radical (unpaired) electrons. The highest BCUT2D eigenvalue weighted by Crippen LogP contribution is 2.45. The lowest BCUT2D eigenvalue weighted by molar-refractivity contribution is -0.198. The van der Waals surface area contributed by atoms with Gasteiger partial charge in [-0.2, -0.15) is 0 Å². The zero-order valence-corrected chi connectivity index (χ0v) is 16.4. The number of fused-ring (bicyclic) bond motifs is 3. The summed E-state index contributed by atoms with van der Waals surface area (Å²) in [5, 5.41) is 5.95. The Morgan fingerprint density at radius 3 is 2.79 bits per heavy atom. The van der Waals surface area contributed by atoms with Crippen molar-refractivity contribution >= 4 is 27.3 Å². The molecule has 7 rings (SSSR count). The monoisotopic (exact) mass is 390 g/mol. The molecule has 1 aromatic carbocycles. The lowest BCUT2D eigenvalue weighted by Crippen LogP contribution is -2.66. The van der Waals surface area contributed by atoms with Gasteiger partial charge >= 0.3 is 0 Å². The average Bonchev–Trinajstić information content (AvgIpc) is 3.32. The Hall–Kier alpha value is -2.44. The summed E-state index contributed by atoms with van der Waals surface area (Å²) in [6, 6.07) is 14.9. The van der Waals surface area contributed by atoms with Crippen LogP contribution in [0.4, 0.5) is 0 Å². The van der Waals surface area contributed by atoms with E-state index in [1.54, 1.807) is 11.3 Å². The van der Waals surface area contributed by atoms with Crippen LogP contribution >= 0.6 is 11.3 Å². The predicted molar refractivity (Wildman–Crippen MR) is 111 cm³/mol. The molecule has 142 valence electrons. The van der Waals surface area contributed by atoms with Gasteiger partial charge in [0, 0.05) is 29.6 Å². The number of amidine groups is 1. The Kier molecular flexibility index (Phi) is 3.71. The summed E-state index contributed by atoms with van der Waals surface area (Å²) in [5.41, 5.74) is 0.843. The Bertz CT molecular complexity index is 1010. The summed E-state index contributed by atoms with van der Waals surface area (Å²) >= 11 is 1.79. The number of rotatable bonds is 3. The van der Waals surface area contributed by atoms with Crippen molar-refractivity contribution in [2.24, 2.45) is 11.1 Å². The van der Waals surface area contributed by atoms with Crippen molar-refractivity contribution in [1.29, 1.82) is 0 Å². The van der Waals surface area contributed by atoms with Gasteiger partial charge in [0.15, 0.2) is 5.84 Å². The van der Waals surface area contributed by atoms with Gasteiger partial charge in [0.05, 0.1) is 11.4 Å².